The molecule has 1 amide bonds. The van der Waals surface area contributed by atoms with E-state index in [1.807, 2.05) is 13.8 Å². The van der Waals surface area contributed by atoms with E-state index in [0.29, 0.717) is 11.5 Å². The molecule has 0 aromatic carbocycles. The Morgan fingerprint density at radius 2 is 2.21 bits per heavy atom. The fourth-order valence-corrected chi connectivity index (χ4v) is 0.967. The van der Waals surface area contributed by atoms with Gasteiger partial charge in [-0.15, -0.1) is 0 Å². The molecular formula is C8H13N5O. The molecule has 1 aromatic rings. The molecular weight excluding hydrogens is 182 g/mol. The Morgan fingerprint density at radius 3 is 2.64 bits per heavy atom. The molecule has 0 aliphatic rings. The van der Waals surface area contributed by atoms with Gasteiger partial charge in [-0.05, 0) is 0 Å². The fraction of sp³-hybridized carbons (Fsp3) is 0.375. The summed E-state index contributed by atoms with van der Waals surface area (Å²) in [4.78, 5) is 19.0. The number of aromatic nitrogens is 2. The van der Waals surface area contributed by atoms with Crippen LogP contribution < -0.4 is 17.0 Å². The van der Waals surface area contributed by atoms with Gasteiger partial charge in [-0.1, -0.05) is 13.8 Å². The third-order valence-corrected chi connectivity index (χ3v) is 1.71. The number of carbonyl (C=O) groups excluding carboxylic acids is 1. The van der Waals surface area contributed by atoms with Crippen LogP contribution in [0.3, 0.4) is 0 Å². The minimum atomic E-state index is -0.623. The van der Waals surface area contributed by atoms with Gasteiger partial charge in [-0.2, -0.15) is 0 Å². The van der Waals surface area contributed by atoms with E-state index in [2.05, 4.69) is 15.4 Å². The molecule has 0 aliphatic heterocycles. The first kappa shape index (κ1) is 10.4. The predicted octanol–water partition coefficient (Wildman–Crippen LogP) is -0.0155. The minimum Gasteiger partial charge on any atom is -0.364 e. The average Bonchev–Trinajstić information content (AvgIpc) is 2.16. The smallest absolute Gasteiger partial charge is 0.269 e. The number of anilines is 1. The summed E-state index contributed by atoms with van der Waals surface area (Å²) >= 11 is 0. The summed E-state index contributed by atoms with van der Waals surface area (Å²) in [6.07, 6.45) is 1.45. The van der Waals surface area contributed by atoms with Crippen LogP contribution in [-0.2, 0) is 0 Å². The van der Waals surface area contributed by atoms with E-state index in [9.17, 15) is 4.79 Å². The summed E-state index contributed by atoms with van der Waals surface area (Å²) in [5.74, 6) is 5.26. The van der Waals surface area contributed by atoms with Gasteiger partial charge in [0.05, 0.1) is 11.9 Å². The monoisotopic (exact) mass is 195 g/mol. The maximum absolute atomic E-state index is 11.0. The fourth-order valence-electron chi connectivity index (χ4n) is 0.967. The second-order valence-corrected chi connectivity index (χ2v) is 3.15. The number of hydrogen-bond donors (Lipinski definition) is 3. The molecule has 6 heteroatoms. The van der Waals surface area contributed by atoms with Gasteiger partial charge in [-0.3, -0.25) is 10.6 Å². The van der Waals surface area contributed by atoms with Crippen molar-refractivity contribution in [3.63, 3.8) is 0 Å². The third kappa shape index (κ3) is 1.97. The Kier molecular flexibility index (Phi) is 2.98. The molecule has 5 N–H and O–H groups in total. The van der Waals surface area contributed by atoms with Crippen molar-refractivity contribution in [1.82, 2.24) is 9.97 Å². The van der Waals surface area contributed by atoms with Gasteiger partial charge in [0.25, 0.3) is 5.91 Å². The predicted molar refractivity (Wildman–Crippen MR) is 52.4 cm³/mol. The molecule has 0 fully saturated rings. The summed E-state index contributed by atoms with van der Waals surface area (Å²) in [6.45, 7) is 3.85. The van der Waals surface area contributed by atoms with E-state index in [-0.39, 0.29) is 11.6 Å². The number of nitrogens with zero attached hydrogens (tertiary/aromatic N) is 2. The van der Waals surface area contributed by atoms with Crippen molar-refractivity contribution in [3.05, 3.63) is 17.7 Å². The maximum Gasteiger partial charge on any atom is 0.269 e. The molecule has 0 spiro atoms. The highest BCUT2D eigenvalue weighted by Crippen LogP contribution is 2.14. The lowest BCUT2D eigenvalue weighted by Gasteiger charge is -2.08. The summed E-state index contributed by atoms with van der Waals surface area (Å²) < 4.78 is 0. The minimum absolute atomic E-state index is 0.117. The molecule has 76 valence electrons. The molecule has 1 aromatic heterocycles. The van der Waals surface area contributed by atoms with Crippen LogP contribution in [-0.4, -0.2) is 15.9 Å². The zero-order valence-electron chi connectivity index (χ0n) is 8.11. The van der Waals surface area contributed by atoms with Crippen molar-refractivity contribution in [2.75, 3.05) is 5.43 Å². The summed E-state index contributed by atoms with van der Waals surface area (Å²) in [7, 11) is 0. The number of nitrogens with two attached hydrogens (primary N) is 2. The second kappa shape index (κ2) is 4.01. The van der Waals surface area contributed by atoms with Crippen LogP contribution in [0.1, 0.15) is 36.1 Å². The normalized spacial score (nSPS) is 10.3. The Balaban J connectivity index is 3.21. The molecule has 0 radical (unpaired) electrons. The third-order valence-electron chi connectivity index (χ3n) is 1.71. The van der Waals surface area contributed by atoms with Crippen molar-refractivity contribution >= 4 is 11.6 Å². The summed E-state index contributed by atoms with van der Waals surface area (Å²) in [5, 5.41) is 0. The molecule has 0 bridgehead atoms. The van der Waals surface area contributed by atoms with E-state index in [4.69, 9.17) is 11.6 Å². The largest absolute Gasteiger partial charge is 0.364 e. The molecule has 6 nitrogen and oxygen atoms in total. The van der Waals surface area contributed by atoms with E-state index in [0.717, 1.165) is 0 Å². The van der Waals surface area contributed by atoms with Gasteiger partial charge < -0.3 is 11.2 Å². The van der Waals surface area contributed by atoms with E-state index in [1.54, 1.807) is 0 Å². The standard InChI is InChI=1S/C8H13N5O/c1-4(2)8-11-3-5(13-10)6(12-8)7(9)14/h3-4,13H,10H2,1-2H3,(H2,9,14). The van der Waals surface area contributed by atoms with Crippen LogP contribution in [0.4, 0.5) is 5.69 Å². The SMILES string of the molecule is CC(C)c1ncc(NN)c(C(N)=O)n1. The lowest BCUT2D eigenvalue weighted by atomic mass is 10.2. The molecule has 1 rings (SSSR count). The Bertz CT molecular complexity index is 350. The lowest BCUT2D eigenvalue weighted by molar-refractivity contribution is 0.0996. The second-order valence-electron chi connectivity index (χ2n) is 3.15. The number of hydrazine groups is 1. The molecule has 14 heavy (non-hydrogen) atoms. The highest BCUT2D eigenvalue weighted by atomic mass is 16.1. The highest BCUT2D eigenvalue weighted by molar-refractivity contribution is 5.96. The molecule has 0 unspecified atom stereocenters. The number of nitrogens with one attached hydrogen (secondary N) is 1. The molecule has 1 heterocycles. The number of nitrogen functional groups attached to an aromatic ring is 1. The average molecular weight is 195 g/mol. The van der Waals surface area contributed by atoms with Gasteiger partial charge >= 0.3 is 0 Å². The van der Waals surface area contributed by atoms with E-state index in [1.165, 1.54) is 6.20 Å². The van der Waals surface area contributed by atoms with Crippen LogP contribution in [0.2, 0.25) is 0 Å². The molecule has 0 saturated heterocycles. The van der Waals surface area contributed by atoms with Gasteiger partial charge in [0.1, 0.15) is 5.82 Å². The van der Waals surface area contributed by atoms with Gasteiger partial charge in [0.2, 0.25) is 0 Å². The van der Waals surface area contributed by atoms with Crippen molar-refractivity contribution in [2.24, 2.45) is 11.6 Å². The topological polar surface area (TPSA) is 107 Å². The molecule has 0 saturated carbocycles. The summed E-state index contributed by atoms with van der Waals surface area (Å²) in [5.41, 5.74) is 7.90. The number of carbonyl (C=O) groups is 1. The Morgan fingerprint density at radius 1 is 1.57 bits per heavy atom. The number of primary amides is 1. The quantitative estimate of drug-likeness (QED) is 0.464. The van der Waals surface area contributed by atoms with Crippen LogP contribution in [0.25, 0.3) is 0 Å². The molecule has 0 aliphatic carbocycles. The maximum atomic E-state index is 11.0. The number of hydrogen-bond acceptors (Lipinski definition) is 5. The first-order chi connectivity index (χ1) is 6.56. The van der Waals surface area contributed by atoms with Crippen LogP contribution in [0.5, 0.6) is 0 Å². The van der Waals surface area contributed by atoms with Crippen molar-refractivity contribution in [1.29, 1.82) is 0 Å². The summed E-state index contributed by atoms with van der Waals surface area (Å²) in [6, 6.07) is 0. The van der Waals surface area contributed by atoms with Crippen molar-refractivity contribution < 1.29 is 4.79 Å². The van der Waals surface area contributed by atoms with Crippen LogP contribution in [0.15, 0.2) is 6.20 Å². The zero-order chi connectivity index (χ0) is 10.7. The van der Waals surface area contributed by atoms with Crippen molar-refractivity contribution in [3.8, 4) is 0 Å². The Labute approximate surface area is 81.7 Å². The van der Waals surface area contributed by atoms with E-state index < -0.39 is 5.91 Å². The van der Waals surface area contributed by atoms with Gasteiger partial charge in [0, 0.05) is 5.92 Å². The first-order valence-corrected chi connectivity index (χ1v) is 4.19. The van der Waals surface area contributed by atoms with Crippen molar-refractivity contribution in [2.45, 2.75) is 19.8 Å². The van der Waals surface area contributed by atoms with Gasteiger partial charge in [0.15, 0.2) is 5.69 Å². The number of amides is 1. The van der Waals surface area contributed by atoms with Gasteiger partial charge in [-0.25, -0.2) is 9.97 Å². The zero-order valence-corrected chi connectivity index (χ0v) is 8.11. The first-order valence-electron chi connectivity index (χ1n) is 4.19. The van der Waals surface area contributed by atoms with E-state index >= 15 is 0 Å². The Hall–Kier alpha value is -1.69. The van der Waals surface area contributed by atoms with Crippen LogP contribution >= 0.6 is 0 Å². The number of rotatable bonds is 3. The lowest BCUT2D eigenvalue weighted by Crippen LogP contribution is -2.20. The van der Waals surface area contributed by atoms with Crippen LogP contribution in [0, 0.1) is 0 Å². The highest BCUT2D eigenvalue weighted by Gasteiger charge is 2.12. The molecule has 0 atom stereocenters.